The lowest BCUT2D eigenvalue weighted by atomic mass is 10.1. The molecule has 0 radical (unpaired) electrons. The summed E-state index contributed by atoms with van der Waals surface area (Å²) in [6.07, 6.45) is 0. The van der Waals surface area contributed by atoms with E-state index in [1.165, 1.54) is 5.56 Å². The third-order valence-corrected chi connectivity index (χ3v) is 2.79. The van der Waals surface area contributed by atoms with Gasteiger partial charge in [-0.25, -0.2) is 9.48 Å². The Labute approximate surface area is 111 Å². The fraction of sp³-hybridized carbons (Fsp3) is 0.286. The molecule has 2 aromatic rings. The molecule has 0 saturated carbocycles. The summed E-state index contributed by atoms with van der Waals surface area (Å²) in [6.45, 7) is 5.57. The number of carboxylic acid groups (broad SMARTS) is 1. The van der Waals surface area contributed by atoms with Crippen molar-refractivity contribution in [1.29, 1.82) is 0 Å². The minimum Gasteiger partial charge on any atom is -0.479 e. The van der Waals surface area contributed by atoms with E-state index < -0.39 is 5.97 Å². The van der Waals surface area contributed by atoms with Gasteiger partial charge in [-0.1, -0.05) is 17.7 Å². The fourth-order valence-corrected chi connectivity index (χ4v) is 1.94. The maximum absolute atomic E-state index is 10.5. The number of aromatic nitrogens is 2. The molecule has 100 valence electrons. The Morgan fingerprint density at radius 2 is 2.05 bits per heavy atom. The number of carbonyl (C=O) groups is 1. The van der Waals surface area contributed by atoms with Gasteiger partial charge in [0.25, 0.3) is 0 Å². The lowest BCUT2D eigenvalue weighted by Gasteiger charge is -2.08. The maximum atomic E-state index is 10.5. The Morgan fingerprint density at radius 3 is 2.68 bits per heavy atom. The van der Waals surface area contributed by atoms with Crippen LogP contribution in [0.1, 0.15) is 16.8 Å². The number of ether oxygens (including phenoxy) is 1. The van der Waals surface area contributed by atoms with Crippen molar-refractivity contribution < 1.29 is 14.6 Å². The lowest BCUT2D eigenvalue weighted by molar-refractivity contribution is -0.139. The number of nitrogens with zero attached hydrogens (tertiary/aromatic N) is 2. The standard InChI is InChI=1S/C14H16N2O3/c1-9-4-5-12(10(2)6-9)16-11(3)7-13(15-16)19-8-14(17)18/h4-7H,8H2,1-3H3,(H,17,18). The van der Waals surface area contributed by atoms with Crippen molar-refractivity contribution in [2.45, 2.75) is 20.8 Å². The smallest absolute Gasteiger partial charge is 0.341 e. The number of rotatable bonds is 4. The van der Waals surface area contributed by atoms with Crippen LogP contribution in [0.5, 0.6) is 5.88 Å². The topological polar surface area (TPSA) is 64.4 Å². The zero-order chi connectivity index (χ0) is 14.0. The quantitative estimate of drug-likeness (QED) is 0.915. The third-order valence-electron chi connectivity index (χ3n) is 2.79. The average Bonchev–Trinajstić information content (AvgIpc) is 2.68. The van der Waals surface area contributed by atoms with E-state index in [4.69, 9.17) is 9.84 Å². The molecule has 0 aliphatic carbocycles. The molecule has 0 spiro atoms. The van der Waals surface area contributed by atoms with Crippen LogP contribution in [0.4, 0.5) is 0 Å². The monoisotopic (exact) mass is 260 g/mol. The Balaban J connectivity index is 2.32. The highest BCUT2D eigenvalue weighted by atomic mass is 16.5. The van der Waals surface area contributed by atoms with Crippen molar-refractivity contribution >= 4 is 5.97 Å². The van der Waals surface area contributed by atoms with Gasteiger partial charge in [0.2, 0.25) is 5.88 Å². The van der Waals surface area contributed by atoms with Gasteiger partial charge in [0.15, 0.2) is 6.61 Å². The van der Waals surface area contributed by atoms with Gasteiger partial charge in [-0.15, -0.1) is 5.10 Å². The highest BCUT2D eigenvalue weighted by Gasteiger charge is 2.10. The molecule has 0 aliphatic heterocycles. The predicted molar refractivity (Wildman–Crippen MR) is 70.9 cm³/mol. The molecule has 19 heavy (non-hydrogen) atoms. The normalized spacial score (nSPS) is 10.5. The first kappa shape index (κ1) is 13.1. The first-order valence-electron chi connectivity index (χ1n) is 5.96. The molecule has 0 unspecified atom stereocenters. The van der Waals surface area contributed by atoms with E-state index in [0.717, 1.165) is 16.9 Å². The van der Waals surface area contributed by atoms with Crippen LogP contribution in [0.2, 0.25) is 0 Å². The maximum Gasteiger partial charge on any atom is 0.341 e. The van der Waals surface area contributed by atoms with Crippen molar-refractivity contribution in [2.75, 3.05) is 6.61 Å². The summed E-state index contributed by atoms with van der Waals surface area (Å²) in [7, 11) is 0. The van der Waals surface area contributed by atoms with Crippen molar-refractivity contribution in [1.82, 2.24) is 9.78 Å². The van der Waals surface area contributed by atoms with Crippen LogP contribution in [-0.2, 0) is 4.79 Å². The number of carboxylic acids is 1. The van der Waals surface area contributed by atoms with Crippen molar-refractivity contribution in [3.8, 4) is 11.6 Å². The summed E-state index contributed by atoms with van der Waals surface area (Å²) in [5, 5.41) is 12.9. The molecule has 0 bridgehead atoms. The molecular weight excluding hydrogens is 244 g/mol. The number of aliphatic carboxylic acids is 1. The van der Waals surface area contributed by atoms with Crippen molar-refractivity contribution in [2.24, 2.45) is 0 Å². The molecule has 0 fully saturated rings. The molecule has 2 rings (SSSR count). The van der Waals surface area contributed by atoms with Gasteiger partial charge in [0.1, 0.15) is 0 Å². The molecule has 0 atom stereocenters. The minimum absolute atomic E-state index is 0.319. The molecule has 0 amide bonds. The zero-order valence-electron chi connectivity index (χ0n) is 11.2. The van der Waals surface area contributed by atoms with Gasteiger partial charge in [-0.05, 0) is 32.4 Å². The summed E-state index contributed by atoms with van der Waals surface area (Å²) in [6, 6.07) is 7.81. The molecule has 5 heteroatoms. The minimum atomic E-state index is -1.02. The first-order valence-corrected chi connectivity index (χ1v) is 5.96. The van der Waals surface area contributed by atoms with E-state index in [2.05, 4.69) is 11.2 Å². The Bertz CT molecular complexity index is 617. The van der Waals surface area contributed by atoms with Crippen molar-refractivity contribution in [3.63, 3.8) is 0 Å². The van der Waals surface area contributed by atoms with Gasteiger partial charge in [0.05, 0.1) is 5.69 Å². The summed E-state index contributed by atoms with van der Waals surface area (Å²) in [5.41, 5.74) is 4.16. The number of benzene rings is 1. The van der Waals surface area contributed by atoms with Gasteiger partial charge in [-0.2, -0.15) is 0 Å². The van der Waals surface area contributed by atoms with Gasteiger partial charge in [0, 0.05) is 11.8 Å². The lowest BCUT2D eigenvalue weighted by Crippen LogP contribution is -2.10. The molecule has 0 aliphatic rings. The van der Waals surface area contributed by atoms with Crippen LogP contribution >= 0.6 is 0 Å². The molecule has 1 heterocycles. The molecule has 1 N–H and O–H groups in total. The van der Waals surface area contributed by atoms with Crippen LogP contribution in [0.3, 0.4) is 0 Å². The SMILES string of the molecule is Cc1ccc(-n2nc(OCC(=O)O)cc2C)c(C)c1. The number of hydrogen-bond donors (Lipinski definition) is 1. The second kappa shape index (κ2) is 5.14. The third kappa shape index (κ3) is 2.93. The number of hydrogen-bond acceptors (Lipinski definition) is 3. The van der Waals surface area contributed by atoms with Crippen molar-refractivity contribution in [3.05, 3.63) is 41.1 Å². The summed E-state index contributed by atoms with van der Waals surface area (Å²) >= 11 is 0. The van der Waals surface area contributed by atoms with Crippen LogP contribution in [-0.4, -0.2) is 27.5 Å². The van der Waals surface area contributed by atoms with Gasteiger partial charge < -0.3 is 9.84 Å². The zero-order valence-corrected chi connectivity index (χ0v) is 11.2. The Morgan fingerprint density at radius 1 is 1.32 bits per heavy atom. The fourth-order valence-electron chi connectivity index (χ4n) is 1.94. The van der Waals surface area contributed by atoms with E-state index in [0.29, 0.717) is 5.88 Å². The molecule has 1 aromatic heterocycles. The van der Waals surface area contributed by atoms with Crippen LogP contribution in [0.15, 0.2) is 24.3 Å². The van der Waals surface area contributed by atoms with E-state index in [-0.39, 0.29) is 6.61 Å². The van der Waals surface area contributed by atoms with Gasteiger partial charge in [-0.3, -0.25) is 0 Å². The average molecular weight is 260 g/mol. The molecule has 1 aromatic carbocycles. The molecular formula is C14H16N2O3. The summed E-state index contributed by atoms with van der Waals surface area (Å²) < 4.78 is 6.84. The van der Waals surface area contributed by atoms with E-state index in [1.807, 2.05) is 32.9 Å². The summed E-state index contributed by atoms with van der Waals surface area (Å²) in [5.74, 6) is -0.696. The van der Waals surface area contributed by atoms with E-state index in [9.17, 15) is 4.79 Å². The van der Waals surface area contributed by atoms with Crippen LogP contribution < -0.4 is 4.74 Å². The largest absolute Gasteiger partial charge is 0.479 e. The predicted octanol–water partition coefficient (Wildman–Crippen LogP) is 2.26. The second-order valence-electron chi connectivity index (χ2n) is 4.51. The molecule has 5 nitrogen and oxygen atoms in total. The van der Waals surface area contributed by atoms with E-state index in [1.54, 1.807) is 10.7 Å². The number of aryl methyl sites for hydroxylation is 3. The highest BCUT2D eigenvalue weighted by molar-refractivity contribution is 5.68. The Hall–Kier alpha value is -2.30. The first-order chi connectivity index (χ1) is 8.97. The van der Waals surface area contributed by atoms with E-state index >= 15 is 0 Å². The summed E-state index contributed by atoms with van der Waals surface area (Å²) in [4.78, 5) is 10.5. The highest BCUT2D eigenvalue weighted by Crippen LogP contribution is 2.20. The second-order valence-corrected chi connectivity index (χ2v) is 4.51. The van der Waals surface area contributed by atoms with Gasteiger partial charge >= 0.3 is 5.97 Å². The van der Waals surface area contributed by atoms with Crippen LogP contribution in [0.25, 0.3) is 5.69 Å². The van der Waals surface area contributed by atoms with Crippen LogP contribution in [0, 0.1) is 20.8 Å². The Kier molecular flexibility index (Phi) is 3.55. The molecule has 0 saturated heterocycles.